The number of nitrogens with two attached hydrogens (primary N) is 1. The topological polar surface area (TPSA) is 26.0 Å². The molecule has 0 aliphatic carbocycles. The van der Waals surface area contributed by atoms with Crippen LogP contribution in [0.1, 0.15) is 22.3 Å². The number of hydrogen-bond acceptors (Lipinski definition) is 2. The van der Waals surface area contributed by atoms with Crippen molar-refractivity contribution >= 4 is 11.8 Å². The predicted molar refractivity (Wildman–Crippen MR) is 70.7 cm³/mol. The molecule has 0 saturated carbocycles. The van der Waals surface area contributed by atoms with Gasteiger partial charge in [-0.3, -0.25) is 0 Å². The number of rotatable bonds is 4. The van der Waals surface area contributed by atoms with Crippen LogP contribution in [0, 0.1) is 20.8 Å². The third-order valence-corrected chi connectivity index (χ3v) is 3.45. The van der Waals surface area contributed by atoms with E-state index in [4.69, 9.17) is 5.73 Å². The Morgan fingerprint density at radius 2 is 1.73 bits per heavy atom. The van der Waals surface area contributed by atoms with E-state index >= 15 is 0 Å². The third kappa shape index (κ3) is 3.54. The first kappa shape index (κ1) is 12.6. The fourth-order valence-electron chi connectivity index (χ4n) is 2.07. The van der Waals surface area contributed by atoms with E-state index < -0.39 is 0 Å². The zero-order valence-electron chi connectivity index (χ0n) is 10.1. The van der Waals surface area contributed by atoms with Gasteiger partial charge in [0.2, 0.25) is 0 Å². The molecule has 0 bridgehead atoms. The molecular weight excluding hydrogens is 202 g/mol. The van der Waals surface area contributed by atoms with Crippen molar-refractivity contribution in [3.8, 4) is 0 Å². The van der Waals surface area contributed by atoms with Gasteiger partial charge in [0.15, 0.2) is 0 Å². The third-order valence-electron chi connectivity index (χ3n) is 2.69. The first-order valence-corrected chi connectivity index (χ1v) is 6.75. The lowest BCUT2D eigenvalue weighted by atomic mass is 9.95. The van der Waals surface area contributed by atoms with Gasteiger partial charge >= 0.3 is 0 Å². The number of benzene rings is 1. The molecule has 0 fully saturated rings. The number of aryl methyl sites for hydroxylation is 3. The van der Waals surface area contributed by atoms with Crippen LogP contribution in [-0.4, -0.2) is 18.1 Å². The first-order valence-electron chi connectivity index (χ1n) is 5.36. The Bertz CT molecular complexity index is 310. The highest BCUT2D eigenvalue weighted by Crippen LogP contribution is 2.18. The van der Waals surface area contributed by atoms with Crippen LogP contribution in [0.15, 0.2) is 12.1 Å². The zero-order valence-corrected chi connectivity index (χ0v) is 10.9. The molecular formula is C13H21NS. The number of hydrogen-bond donors (Lipinski definition) is 1. The minimum absolute atomic E-state index is 0.278. The first-order chi connectivity index (χ1) is 7.04. The van der Waals surface area contributed by atoms with Crippen LogP contribution in [0.25, 0.3) is 0 Å². The quantitative estimate of drug-likeness (QED) is 0.849. The second kappa shape index (κ2) is 5.57. The molecule has 0 spiro atoms. The molecule has 1 rings (SSSR count). The van der Waals surface area contributed by atoms with Crippen LogP contribution >= 0.6 is 11.8 Å². The monoisotopic (exact) mass is 223 g/mol. The van der Waals surface area contributed by atoms with Gasteiger partial charge < -0.3 is 5.73 Å². The highest BCUT2D eigenvalue weighted by molar-refractivity contribution is 7.98. The Labute approximate surface area is 97.4 Å². The van der Waals surface area contributed by atoms with Crippen LogP contribution in [0.3, 0.4) is 0 Å². The molecule has 1 nitrogen and oxygen atoms in total. The maximum Gasteiger partial charge on any atom is 0.0171 e. The molecule has 84 valence electrons. The van der Waals surface area contributed by atoms with Crippen molar-refractivity contribution in [2.24, 2.45) is 5.73 Å². The fourth-order valence-corrected chi connectivity index (χ4v) is 2.61. The second-order valence-corrected chi connectivity index (χ2v) is 5.21. The average molecular weight is 223 g/mol. The SMILES string of the molecule is CSCC(N)Cc1c(C)cc(C)cc1C. The smallest absolute Gasteiger partial charge is 0.0171 e. The van der Waals surface area contributed by atoms with Gasteiger partial charge in [0.1, 0.15) is 0 Å². The van der Waals surface area contributed by atoms with Crippen molar-refractivity contribution < 1.29 is 0 Å². The fraction of sp³-hybridized carbons (Fsp3) is 0.538. The lowest BCUT2D eigenvalue weighted by Crippen LogP contribution is -2.26. The Hall–Kier alpha value is -0.470. The van der Waals surface area contributed by atoms with Gasteiger partial charge in [-0.2, -0.15) is 11.8 Å². The highest BCUT2D eigenvalue weighted by atomic mass is 32.2. The molecule has 1 atom stereocenters. The summed E-state index contributed by atoms with van der Waals surface area (Å²) in [5, 5.41) is 0. The van der Waals surface area contributed by atoms with Gasteiger partial charge in [0, 0.05) is 11.8 Å². The van der Waals surface area contributed by atoms with Gasteiger partial charge in [-0.05, 0) is 50.1 Å². The minimum atomic E-state index is 0.278. The molecule has 0 saturated heterocycles. The second-order valence-electron chi connectivity index (χ2n) is 4.30. The van der Waals surface area contributed by atoms with Crippen LogP contribution in [0.4, 0.5) is 0 Å². The summed E-state index contributed by atoms with van der Waals surface area (Å²) in [5.74, 6) is 1.03. The molecule has 15 heavy (non-hydrogen) atoms. The highest BCUT2D eigenvalue weighted by Gasteiger charge is 2.08. The minimum Gasteiger partial charge on any atom is -0.327 e. The summed E-state index contributed by atoms with van der Waals surface area (Å²) in [7, 11) is 0. The Morgan fingerprint density at radius 3 is 2.20 bits per heavy atom. The summed E-state index contributed by atoms with van der Waals surface area (Å²) in [5.41, 5.74) is 11.6. The molecule has 0 amide bonds. The molecule has 0 aliphatic rings. The zero-order chi connectivity index (χ0) is 11.4. The van der Waals surface area contributed by atoms with E-state index in [1.807, 2.05) is 11.8 Å². The van der Waals surface area contributed by atoms with Crippen molar-refractivity contribution in [1.82, 2.24) is 0 Å². The lowest BCUT2D eigenvalue weighted by Gasteiger charge is -2.15. The Morgan fingerprint density at radius 1 is 1.20 bits per heavy atom. The Balaban J connectivity index is 2.85. The predicted octanol–water partition coefficient (Wildman–Crippen LogP) is 2.84. The van der Waals surface area contributed by atoms with Crippen LogP contribution < -0.4 is 5.73 Å². The van der Waals surface area contributed by atoms with E-state index in [1.54, 1.807) is 0 Å². The van der Waals surface area contributed by atoms with E-state index in [-0.39, 0.29) is 6.04 Å². The van der Waals surface area contributed by atoms with Gasteiger partial charge in [0.25, 0.3) is 0 Å². The van der Waals surface area contributed by atoms with Crippen LogP contribution in [0.5, 0.6) is 0 Å². The van der Waals surface area contributed by atoms with E-state index in [0.29, 0.717) is 0 Å². The van der Waals surface area contributed by atoms with Crippen molar-refractivity contribution in [3.63, 3.8) is 0 Å². The van der Waals surface area contributed by atoms with Crippen molar-refractivity contribution in [3.05, 3.63) is 34.4 Å². The summed E-state index contributed by atoms with van der Waals surface area (Å²) in [6.07, 6.45) is 3.10. The summed E-state index contributed by atoms with van der Waals surface area (Å²) in [6.45, 7) is 6.51. The molecule has 0 heterocycles. The van der Waals surface area contributed by atoms with Crippen LogP contribution in [-0.2, 0) is 6.42 Å². The van der Waals surface area contributed by atoms with E-state index in [2.05, 4.69) is 39.2 Å². The molecule has 0 aromatic heterocycles. The van der Waals surface area contributed by atoms with Gasteiger partial charge in [-0.15, -0.1) is 0 Å². The normalized spacial score (nSPS) is 12.9. The van der Waals surface area contributed by atoms with Gasteiger partial charge in [0.05, 0.1) is 0 Å². The lowest BCUT2D eigenvalue weighted by molar-refractivity contribution is 0.742. The molecule has 1 aromatic carbocycles. The molecule has 1 aromatic rings. The maximum atomic E-state index is 6.07. The molecule has 1 unspecified atom stereocenters. The molecule has 0 aliphatic heterocycles. The molecule has 0 radical (unpaired) electrons. The van der Waals surface area contributed by atoms with Crippen LogP contribution in [0.2, 0.25) is 0 Å². The molecule has 2 heteroatoms. The summed E-state index contributed by atoms with van der Waals surface area (Å²) >= 11 is 1.82. The number of thioether (sulfide) groups is 1. The summed E-state index contributed by atoms with van der Waals surface area (Å²) in [6, 6.07) is 4.77. The van der Waals surface area contributed by atoms with Gasteiger partial charge in [-0.1, -0.05) is 17.7 Å². The largest absolute Gasteiger partial charge is 0.327 e. The van der Waals surface area contributed by atoms with Crippen molar-refractivity contribution in [1.29, 1.82) is 0 Å². The Kier molecular flexibility index (Phi) is 4.68. The van der Waals surface area contributed by atoms with Crippen molar-refractivity contribution in [2.45, 2.75) is 33.2 Å². The molecule has 2 N–H and O–H groups in total. The average Bonchev–Trinajstić information content (AvgIpc) is 2.11. The summed E-state index contributed by atoms with van der Waals surface area (Å²) in [4.78, 5) is 0. The van der Waals surface area contributed by atoms with E-state index in [1.165, 1.54) is 22.3 Å². The van der Waals surface area contributed by atoms with E-state index in [0.717, 1.165) is 12.2 Å². The van der Waals surface area contributed by atoms with Crippen molar-refractivity contribution in [2.75, 3.05) is 12.0 Å². The summed E-state index contributed by atoms with van der Waals surface area (Å²) < 4.78 is 0. The van der Waals surface area contributed by atoms with E-state index in [9.17, 15) is 0 Å². The standard InChI is InChI=1S/C13H21NS/c1-9-5-10(2)13(11(3)6-9)7-12(14)8-15-4/h5-6,12H,7-8,14H2,1-4H3. The maximum absolute atomic E-state index is 6.07. The van der Waals surface area contributed by atoms with Gasteiger partial charge in [-0.25, -0.2) is 0 Å².